The van der Waals surface area contributed by atoms with Crippen LogP contribution >= 0.6 is 0 Å². The minimum atomic E-state index is -0.871. The molecule has 0 fully saturated rings. The summed E-state index contributed by atoms with van der Waals surface area (Å²) in [6, 6.07) is 9.46. The largest absolute Gasteiger partial charge is 0.367 e. The lowest BCUT2D eigenvalue weighted by molar-refractivity contribution is 0.368. The van der Waals surface area contributed by atoms with Crippen LogP contribution in [0.4, 0.5) is 8.78 Å². The molecule has 4 nitrogen and oxygen atoms in total. The Hall–Kier alpha value is -3.15. The lowest BCUT2D eigenvalue weighted by Gasteiger charge is -2.31. The first-order chi connectivity index (χ1) is 12.6. The smallest absolute Gasteiger partial charge is 0.178 e. The van der Waals surface area contributed by atoms with Gasteiger partial charge in [0.1, 0.15) is 5.69 Å². The van der Waals surface area contributed by atoms with Crippen LogP contribution < -0.4 is 0 Å². The molecule has 0 aliphatic carbocycles. The highest BCUT2D eigenvalue weighted by molar-refractivity contribution is 5.62. The van der Waals surface area contributed by atoms with Crippen LogP contribution in [0.25, 0.3) is 17.2 Å². The Morgan fingerprint density at radius 1 is 1.08 bits per heavy atom. The maximum atomic E-state index is 13.5. The molecule has 6 heteroatoms. The van der Waals surface area contributed by atoms with Crippen molar-refractivity contribution in [3.63, 3.8) is 0 Å². The normalized spacial score (nSPS) is 13.4. The highest BCUT2D eigenvalue weighted by Gasteiger charge is 2.21. The molecule has 0 spiro atoms. The van der Waals surface area contributed by atoms with E-state index in [0.29, 0.717) is 30.2 Å². The Kier molecular flexibility index (Phi) is 4.16. The molecule has 0 atom stereocenters. The van der Waals surface area contributed by atoms with Crippen molar-refractivity contribution in [2.24, 2.45) is 0 Å². The van der Waals surface area contributed by atoms with Gasteiger partial charge in [0, 0.05) is 48.7 Å². The van der Waals surface area contributed by atoms with E-state index < -0.39 is 11.6 Å². The number of hydrogen-bond acceptors (Lipinski definition) is 4. The molecule has 0 radical (unpaired) electrons. The number of benzene rings is 1. The average molecular weight is 350 g/mol. The second kappa shape index (κ2) is 6.63. The van der Waals surface area contributed by atoms with Gasteiger partial charge in [-0.05, 0) is 30.3 Å². The first kappa shape index (κ1) is 16.3. The summed E-state index contributed by atoms with van der Waals surface area (Å²) in [5.74, 6) is -1.12. The van der Waals surface area contributed by atoms with E-state index in [1.807, 2.05) is 23.1 Å². The fraction of sp³-hybridized carbons (Fsp3) is 0.150. The van der Waals surface area contributed by atoms with Gasteiger partial charge in [-0.3, -0.25) is 4.98 Å². The Morgan fingerprint density at radius 2 is 1.96 bits per heavy atom. The van der Waals surface area contributed by atoms with E-state index in [1.165, 1.54) is 12.1 Å². The summed E-state index contributed by atoms with van der Waals surface area (Å²) in [5.41, 5.74) is 3.94. The van der Waals surface area contributed by atoms with Gasteiger partial charge in [-0.25, -0.2) is 18.7 Å². The third-order valence-electron chi connectivity index (χ3n) is 4.46. The van der Waals surface area contributed by atoms with Crippen LogP contribution in [0.2, 0.25) is 0 Å². The van der Waals surface area contributed by atoms with E-state index in [2.05, 4.69) is 21.5 Å². The average Bonchev–Trinajstić information content (AvgIpc) is 2.69. The molecule has 3 heterocycles. The van der Waals surface area contributed by atoms with Gasteiger partial charge in [0.05, 0.1) is 5.69 Å². The maximum absolute atomic E-state index is 13.5. The van der Waals surface area contributed by atoms with Gasteiger partial charge in [0.2, 0.25) is 0 Å². The van der Waals surface area contributed by atoms with Crippen molar-refractivity contribution < 1.29 is 8.78 Å². The van der Waals surface area contributed by atoms with Crippen LogP contribution in [0.3, 0.4) is 0 Å². The van der Waals surface area contributed by atoms with Crippen LogP contribution in [0.1, 0.15) is 16.8 Å². The summed E-state index contributed by atoms with van der Waals surface area (Å²) in [7, 11) is 0. The molecule has 0 unspecified atom stereocenters. The van der Waals surface area contributed by atoms with Gasteiger partial charge in [-0.15, -0.1) is 0 Å². The molecule has 2 aromatic heterocycles. The predicted molar refractivity (Wildman–Crippen MR) is 94.8 cm³/mol. The Bertz CT molecular complexity index is 973. The monoisotopic (exact) mass is 350 g/mol. The van der Waals surface area contributed by atoms with Crippen molar-refractivity contribution in [3.8, 4) is 11.5 Å². The van der Waals surface area contributed by atoms with Gasteiger partial charge < -0.3 is 4.90 Å². The van der Waals surface area contributed by atoms with Gasteiger partial charge in [0.15, 0.2) is 17.5 Å². The van der Waals surface area contributed by atoms with Crippen LogP contribution in [0.5, 0.6) is 0 Å². The van der Waals surface area contributed by atoms with Crippen molar-refractivity contribution in [2.75, 3.05) is 6.54 Å². The van der Waals surface area contributed by atoms with E-state index in [0.717, 1.165) is 29.4 Å². The van der Waals surface area contributed by atoms with Gasteiger partial charge in [-0.2, -0.15) is 0 Å². The first-order valence-corrected chi connectivity index (χ1v) is 8.27. The van der Waals surface area contributed by atoms with Gasteiger partial charge >= 0.3 is 0 Å². The van der Waals surface area contributed by atoms with E-state index in [1.54, 1.807) is 12.4 Å². The molecule has 0 N–H and O–H groups in total. The Balaban J connectivity index is 1.56. The second-order valence-corrected chi connectivity index (χ2v) is 6.13. The third kappa shape index (κ3) is 3.06. The second-order valence-electron chi connectivity index (χ2n) is 6.13. The summed E-state index contributed by atoms with van der Waals surface area (Å²) in [6.45, 7) is 5.32. The highest BCUT2D eigenvalue weighted by atomic mass is 19.2. The zero-order valence-electron chi connectivity index (χ0n) is 14.0. The van der Waals surface area contributed by atoms with Crippen LogP contribution in [-0.4, -0.2) is 26.4 Å². The fourth-order valence-electron chi connectivity index (χ4n) is 3.02. The minimum Gasteiger partial charge on any atom is -0.367 e. The molecule has 26 heavy (non-hydrogen) atoms. The summed E-state index contributed by atoms with van der Waals surface area (Å²) in [6.07, 6.45) is 4.24. The lowest BCUT2D eigenvalue weighted by atomic mass is 10.0. The first-order valence-electron chi connectivity index (χ1n) is 8.27. The molecule has 0 saturated heterocycles. The zero-order chi connectivity index (χ0) is 18.1. The summed E-state index contributed by atoms with van der Waals surface area (Å²) in [5, 5.41) is 0. The number of rotatable bonds is 3. The number of pyridine rings is 1. The third-order valence-corrected chi connectivity index (χ3v) is 4.46. The molecular weight excluding hydrogens is 334 g/mol. The highest BCUT2D eigenvalue weighted by Crippen LogP contribution is 2.26. The topological polar surface area (TPSA) is 41.9 Å². The molecule has 0 saturated carbocycles. The van der Waals surface area contributed by atoms with Gasteiger partial charge in [0.25, 0.3) is 0 Å². The van der Waals surface area contributed by atoms with Crippen molar-refractivity contribution in [2.45, 2.75) is 13.0 Å². The number of hydrogen-bond donors (Lipinski definition) is 0. The lowest BCUT2D eigenvalue weighted by Crippen LogP contribution is -2.30. The van der Waals surface area contributed by atoms with E-state index in [-0.39, 0.29) is 0 Å². The molecule has 0 amide bonds. The van der Waals surface area contributed by atoms with Crippen molar-refractivity contribution in [1.82, 2.24) is 19.9 Å². The number of fused-ring (bicyclic) bond motifs is 1. The molecule has 3 aromatic rings. The summed E-state index contributed by atoms with van der Waals surface area (Å²) >= 11 is 0. The van der Waals surface area contributed by atoms with Crippen molar-refractivity contribution in [1.29, 1.82) is 0 Å². The van der Waals surface area contributed by atoms with E-state index in [9.17, 15) is 8.78 Å². The molecule has 130 valence electrons. The number of aromatic nitrogens is 3. The number of nitrogens with zero attached hydrogens (tertiary/aromatic N) is 4. The predicted octanol–water partition coefficient (Wildman–Crippen LogP) is 3.85. The standard InChI is InChI=1S/C20H16F2N4/c1-13(14-5-6-16(21)17(22)10-14)26-9-7-18-15(12-26)11-24-20(25-18)19-4-2-3-8-23-19/h2-6,8,10-11H,1,7,9,12H2. The number of halogens is 2. The fourth-order valence-corrected chi connectivity index (χ4v) is 3.02. The minimum absolute atomic E-state index is 0.568. The van der Waals surface area contributed by atoms with E-state index >= 15 is 0 Å². The Labute approximate surface area is 149 Å². The van der Waals surface area contributed by atoms with Crippen LogP contribution in [0, 0.1) is 11.6 Å². The van der Waals surface area contributed by atoms with Crippen LogP contribution in [-0.2, 0) is 13.0 Å². The SMILES string of the molecule is C=C(c1ccc(F)c(F)c1)N1CCc2nc(-c3ccccn3)ncc2C1. The molecule has 0 bridgehead atoms. The van der Waals surface area contributed by atoms with Crippen LogP contribution in [0.15, 0.2) is 55.4 Å². The molecule has 1 aliphatic heterocycles. The Morgan fingerprint density at radius 3 is 2.73 bits per heavy atom. The molecule has 4 rings (SSSR count). The summed E-state index contributed by atoms with van der Waals surface area (Å²) < 4.78 is 26.6. The van der Waals surface area contributed by atoms with Crippen molar-refractivity contribution >= 4 is 5.70 Å². The van der Waals surface area contributed by atoms with E-state index in [4.69, 9.17) is 0 Å². The van der Waals surface area contributed by atoms with Gasteiger partial charge in [-0.1, -0.05) is 12.6 Å². The maximum Gasteiger partial charge on any atom is 0.178 e. The molecule has 1 aliphatic rings. The molecular formula is C20H16F2N4. The zero-order valence-corrected chi connectivity index (χ0v) is 14.0. The summed E-state index contributed by atoms with van der Waals surface area (Å²) in [4.78, 5) is 15.4. The van der Waals surface area contributed by atoms with Crippen molar-refractivity contribution in [3.05, 3.63) is 83.8 Å². The molecule has 1 aromatic carbocycles. The quantitative estimate of drug-likeness (QED) is 0.720.